The summed E-state index contributed by atoms with van der Waals surface area (Å²) in [5.41, 5.74) is -0.499. The molecule has 7 heteroatoms. The van der Waals surface area contributed by atoms with Crippen LogP contribution in [0, 0.1) is 12.7 Å². The number of aliphatic carboxylic acids is 1. The van der Waals surface area contributed by atoms with Crippen LogP contribution in [-0.2, 0) is 11.0 Å². The molecular formula is C14H15F4NO2. The van der Waals surface area contributed by atoms with Gasteiger partial charge in [-0.05, 0) is 37.1 Å². The molecule has 0 aliphatic rings. The first-order valence-electron chi connectivity index (χ1n) is 6.23. The van der Waals surface area contributed by atoms with Gasteiger partial charge in [0, 0.05) is 17.3 Å². The van der Waals surface area contributed by atoms with Crippen molar-refractivity contribution in [1.82, 2.24) is 4.98 Å². The molecule has 0 saturated carbocycles. The number of alkyl halides is 3. The summed E-state index contributed by atoms with van der Waals surface area (Å²) >= 11 is 0. The van der Waals surface area contributed by atoms with Gasteiger partial charge in [0.1, 0.15) is 11.5 Å². The second-order valence-corrected chi connectivity index (χ2v) is 4.46. The summed E-state index contributed by atoms with van der Waals surface area (Å²) in [5.74, 6) is -1.25. The number of H-pyrrole nitrogens is 1. The Morgan fingerprint density at radius 2 is 1.95 bits per heavy atom. The zero-order chi connectivity index (χ0) is 16.2. The molecule has 2 rings (SSSR count). The van der Waals surface area contributed by atoms with Crippen molar-refractivity contribution in [2.75, 3.05) is 0 Å². The highest BCUT2D eigenvalue weighted by Gasteiger charge is 2.35. The lowest BCUT2D eigenvalue weighted by molar-refractivity contribution is -0.141. The van der Waals surface area contributed by atoms with E-state index in [2.05, 4.69) is 4.98 Å². The van der Waals surface area contributed by atoms with Gasteiger partial charge in [0.15, 0.2) is 0 Å². The molecule has 116 valence electrons. The fourth-order valence-corrected chi connectivity index (χ4v) is 1.80. The highest BCUT2D eigenvalue weighted by Crippen LogP contribution is 2.34. The molecule has 1 aromatic carbocycles. The lowest BCUT2D eigenvalue weighted by atomic mass is 10.1. The van der Waals surface area contributed by atoms with Crippen molar-refractivity contribution in [3.63, 3.8) is 0 Å². The summed E-state index contributed by atoms with van der Waals surface area (Å²) in [5, 5.41) is 8.18. The van der Waals surface area contributed by atoms with E-state index in [1.165, 1.54) is 13.0 Å². The summed E-state index contributed by atoms with van der Waals surface area (Å²) in [6.45, 7) is 3.16. The highest BCUT2D eigenvalue weighted by molar-refractivity contribution is 5.84. The van der Waals surface area contributed by atoms with Crippen LogP contribution in [0.4, 0.5) is 17.6 Å². The minimum atomic E-state index is -4.43. The van der Waals surface area contributed by atoms with Gasteiger partial charge in [0.25, 0.3) is 0 Å². The number of hydrogen-bond donors (Lipinski definition) is 2. The van der Waals surface area contributed by atoms with Crippen LogP contribution in [0.25, 0.3) is 10.9 Å². The fourth-order valence-electron chi connectivity index (χ4n) is 1.80. The van der Waals surface area contributed by atoms with E-state index < -0.39 is 23.7 Å². The van der Waals surface area contributed by atoms with E-state index in [1.807, 2.05) is 6.92 Å². The molecule has 0 aliphatic heterocycles. The molecule has 21 heavy (non-hydrogen) atoms. The maximum atomic E-state index is 12.8. The number of carboxylic acid groups (broad SMARTS) is 1. The Labute approximate surface area is 118 Å². The first kappa shape index (κ1) is 17.0. The summed E-state index contributed by atoms with van der Waals surface area (Å²) in [6, 6.07) is 3.52. The van der Waals surface area contributed by atoms with Crippen LogP contribution in [0.1, 0.15) is 31.0 Å². The lowest BCUT2D eigenvalue weighted by Gasteiger charge is -2.04. The number of nitrogens with one attached hydrogen (secondary N) is 1. The molecule has 0 aliphatic carbocycles. The Balaban J connectivity index is 0.000000315. The Kier molecular flexibility index (Phi) is 5.34. The van der Waals surface area contributed by atoms with Crippen LogP contribution in [0.5, 0.6) is 0 Å². The maximum absolute atomic E-state index is 12.8. The Morgan fingerprint density at radius 3 is 2.38 bits per heavy atom. The predicted octanol–water partition coefficient (Wildman–Crippen LogP) is 4.51. The molecule has 1 aromatic heterocycles. The van der Waals surface area contributed by atoms with E-state index in [1.54, 1.807) is 0 Å². The van der Waals surface area contributed by atoms with Crippen molar-refractivity contribution in [2.24, 2.45) is 0 Å². The van der Waals surface area contributed by atoms with E-state index in [0.29, 0.717) is 11.9 Å². The molecule has 1 heterocycles. The third kappa shape index (κ3) is 4.47. The van der Waals surface area contributed by atoms with E-state index in [4.69, 9.17) is 5.11 Å². The number of benzene rings is 1. The molecule has 0 fully saturated rings. The smallest absolute Gasteiger partial charge is 0.431 e. The number of hydrogen-bond acceptors (Lipinski definition) is 1. The summed E-state index contributed by atoms with van der Waals surface area (Å²) in [4.78, 5) is 11.8. The zero-order valence-corrected chi connectivity index (χ0v) is 11.5. The minimum Gasteiger partial charge on any atom is -0.481 e. The average molecular weight is 305 g/mol. The summed E-state index contributed by atoms with van der Waals surface area (Å²) < 4.78 is 50.2. The van der Waals surface area contributed by atoms with Gasteiger partial charge in [0.05, 0.1) is 0 Å². The van der Waals surface area contributed by atoms with Crippen LogP contribution in [-0.4, -0.2) is 16.1 Å². The Morgan fingerprint density at radius 1 is 1.33 bits per heavy atom. The minimum absolute atomic E-state index is 0.0250. The number of halogens is 4. The van der Waals surface area contributed by atoms with Gasteiger partial charge in [-0.3, -0.25) is 4.79 Å². The molecule has 0 bridgehead atoms. The quantitative estimate of drug-likeness (QED) is 0.802. The molecule has 0 unspecified atom stereocenters. The van der Waals surface area contributed by atoms with Crippen molar-refractivity contribution in [1.29, 1.82) is 0 Å². The molecular weight excluding hydrogens is 290 g/mol. The number of rotatable bonds is 2. The van der Waals surface area contributed by atoms with Crippen LogP contribution in [0.15, 0.2) is 18.2 Å². The number of aromatic nitrogens is 1. The fraction of sp³-hybridized carbons (Fsp3) is 0.357. The van der Waals surface area contributed by atoms with Gasteiger partial charge >= 0.3 is 12.1 Å². The second-order valence-electron chi connectivity index (χ2n) is 4.46. The number of carboxylic acids is 1. The highest BCUT2D eigenvalue weighted by atomic mass is 19.4. The largest absolute Gasteiger partial charge is 0.481 e. The van der Waals surface area contributed by atoms with Crippen LogP contribution in [0.3, 0.4) is 0 Å². The molecule has 0 radical (unpaired) electrons. The molecule has 0 spiro atoms. The zero-order valence-electron chi connectivity index (χ0n) is 11.5. The van der Waals surface area contributed by atoms with Crippen molar-refractivity contribution in [3.8, 4) is 0 Å². The summed E-state index contributed by atoms with van der Waals surface area (Å²) in [7, 11) is 0. The van der Waals surface area contributed by atoms with E-state index in [9.17, 15) is 22.4 Å². The van der Waals surface area contributed by atoms with Crippen molar-refractivity contribution in [2.45, 2.75) is 32.9 Å². The number of carbonyl (C=O) groups is 1. The van der Waals surface area contributed by atoms with Gasteiger partial charge in [-0.2, -0.15) is 13.2 Å². The SMILES string of the molecule is CCCC(=O)O.Cc1c(C(F)(F)F)[nH]c2ccc(F)cc12. The van der Waals surface area contributed by atoms with E-state index >= 15 is 0 Å². The molecule has 3 nitrogen and oxygen atoms in total. The molecule has 2 aromatic rings. The molecule has 0 atom stereocenters. The first-order valence-corrected chi connectivity index (χ1v) is 6.23. The maximum Gasteiger partial charge on any atom is 0.431 e. The van der Waals surface area contributed by atoms with Crippen molar-refractivity contribution < 1.29 is 27.5 Å². The molecule has 0 saturated heterocycles. The van der Waals surface area contributed by atoms with Gasteiger partial charge in [-0.1, -0.05) is 6.92 Å². The predicted molar refractivity (Wildman–Crippen MR) is 70.5 cm³/mol. The normalized spacial score (nSPS) is 11.1. The van der Waals surface area contributed by atoms with Crippen LogP contribution < -0.4 is 0 Å². The van der Waals surface area contributed by atoms with E-state index in [-0.39, 0.29) is 10.9 Å². The third-order valence-electron chi connectivity index (χ3n) is 2.77. The van der Waals surface area contributed by atoms with Gasteiger partial charge in [-0.15, -0.1) is 0 Å². The van der Waals surface area contributed by atoms with Gasteiger partial charge < -0.3 is 10.1 Å². The standard InChI is InChI=1S/C10H7F4N.C4H8O2/c1-5-7-4-6(11)2-3-8(7)15-9(5)10(12,13)14;1-2-3-4(5)6/h2-4,15H,1H3;2-3H2,1H3,(H,5,6). The second kappa shape index (κ2) is 6.60. The molecule has 2 N–H and O–H groups in total. The Hall–Kier alpha value is -2.05. The van der Waals surface area contributed by atoms with Gasteiger partial charge in [0.2, 0.25) is 0 Å². The average Bonchev–Trinajstić information content (AvgIpc) is 2.67. The number of fused-ring (bicyclic) bond motifs is 1. The lowest BCUT2D eigenvalue weighted by Crippen LogP contribution is -2.06. The summed E-state index contributed by atoms with van der Waals surface area (Å²) in [6.07, 6.45) is -3.41. The van der Waals surface area contributed by atoms with Crippen LogP contribution >= 0.6 is 0 Å². The topological polar surface area (TPSA) is 53.1 Å². The monoisotopic (exact) mass is 305 g/mol. The van der Waals surface area contributed by atoms with Crippen molar-refractivity contribution >= 4 is 16.9 Å². The van der Waals surface area contributed by atoms with Gasteiger partial charge in [-0.25, -0.2) is 4.39 Å². The van der Waals surface area contributed by atoms with E-state index in [0.717, 1.165) is 18.6 Å². The number of aryl methyl sites for hydroxylation is 1. The Bertz CT molecular complexity index is 632. The van der Waals surface area contributed by atoms with Crippen LogP contribution in [0.2, 0.25) is 0 Å². The molecule has 0 amide bonds. The number of aromatic amines is 1. The first-order chi connectivity index (χ1) is 9.66. The van der Waals surface area contributed by atoms with Crippen molar-refractivity contribution in [3.05, 3.63) is 35.3 Å². The third-order valence-corrected chi connectivity index (χ3v) is 2.77.